The van der Waals surface area contributed by atoms with Crippen molar-refractivity contribution in [3.63, 3.8) is 0 Å². The van der Waals surface area contributed by atoms with E-state index in [1.54, 1.807) is 6.07 Å². The Morgan fingerprint density at radius 2 is 2.00 bits per heavy atom. The fourth-order valence-corrected chi connectivity index (χ4v) is 1.52. The third-order valence-electron chi connectivity index (χ3n) is 1.61. The van der Waals surface area contributed by atoms with Crippen LogP contribution in [-0.2, 0) is 6.42 Å². The van der Waals surface area contributed by atoms with Gasteiger partial charge in [-0.1, -0.05) is 36.5 Å². The summed E-state index contributed by atoms with van der Waals surface area (Å²) in [6.45, 7) is 2.05. The van der Waals surface area contributed by atoms with Gasteiger partial charge in [0.25, 0.3) is 0 Å². The van der Waals surface area contributed by atoms with Crippen molar-refractivity contribution in [3.05, 3.63) is 27.7 Å². The third-order valence-corrected chi connectivity index (χ3v) is 2.45. The highest BCUT2D eigenvalue weighted by molar-refractivity contribution is 6.42. The third kappa shape index (κ3) is 2.05. The van der Waals surface area contributed by atoms with Crippen LogP contribution in [0.3, 0.4) is 0 Å². The maximum absolute atomic E-state index is 9.20. The van der Waals surface area contributed by atoms with Gasteiger partial charge in [-0.2, -0.15) is 0 Å². The van der Waals surface area contributed by atoms with Gasteiger partial charge in [-0.15, -0.1) is 0 Å². The molecule has 0 atom stereocenters. The van der Waals surface area contributed by atoms with Crippen LogP contribution in [0, 0.1) is 0 Å². The van der Waals surface area contributed by atoms with E-state index in [-0.39, 0.29) is 5.75 Å². The normalized spacial score (nSPS) is 10.2. The van der Waals surface area contributed by atoms with Crippen molar-refractivity contribution < 1.29 is 5.11 Å². The second-order valence-electron chi connectivity index (χ2n) is 2.65. The summed E-state index contributed by atoms with van der Waals surface area (Å²) in [4.78, 5) is 0. The Kier molecular flexibility index (Phi) is 3.24. The van der Waals surface area contributed by atoms with Gasteiger partial charge in [0.05, 0.1) is 10.0 Å². The Bertz CT molecular complexity index is 284. The highest BCUT2D eigenvalue weighted by Gasteiger charge is 2.05. The zero-order valence-corrected chi connectivity index (χ0v) is 8.28. The Hall–Kier alpha value is -0.400. The number of hydrogen-bond donors (Lipinski definition) is 1. The monoisotopic (exact) mass is 204 g/mol. The van der Waals surface area contributed by atoms with E-state index in [2.05, 4.69) is 0 Å². The minimum absolute atomic E-state index is 0.174. The van der Waals surface area contributed by atoms with Crippen LogP contribution in [0.5, 0.6) is 5.75 Å². The van der Waals surface area contributed by atoms with E-state index in [0.29, 0.717) is 10.0 Å². The number of halogens is 2. The average molecular weight is 205 g/mol. The fraction of sp³-hybridized carbons (Fsp3) is 0.333. The summed E-state index contributed by atoms with van der Waals surface area (Å²) >= 11 is 11.7. The fourth-order valence-electron chi connectivity index (χ4n) is 1.08. The average Bonchev–Trinajstić information content (AvgIpc) is 2.00. The molecule has 1 aromatic carbocycles. The summed E-state index contributed by atoms with van der Waals surface area (Å²) in [7, 11) is 0. The molecule has 0 heterocycles. The zero-order valence-electron chi connectivity index (χ0n) is 6.77. The van der Waals surface area contributed by atoms with Gasteiger partial charge in [0.15, 0.2) is 0 Å². The van der Waals surface area contributed by atoms with Crippen LogP contribution in [0.15, 0.2) is 12.1 Å². The first-order valence-electron chi connectivity index (χ1n) is 3.82. The summed E-state index contributed by atoms with van der Waals surface area (Å²) in [6.07, 6.45) is 1.83. The van der Waals surface area contributed by atoms with E-state index in [9.17, 15) is 5.11 Å². The molecule has 0 spiro atoms. The first kappa shape index (κ1) is 9.69. The molecular formula is C9H10Cl2O. The van der Waals surface area contributed by atoms with Crippen molar-refractivity contribution in [2.24, 2.45) is 0 Å². The van der Waals surface area contributed by atoms with E-state index in [4.69, 9.17) is 23.2 Å². The van der Waals surface area contributed by atoms with E-state index >= 15 is 0 Å². The van der Waals surface area contributed by atoms with Gasteiger partial charge in [-0.25, -0.2) is 0 Å². The number of aryl methyl sites for hydroxylation is 1. The minimum atomic E-state index is 0.174. The molecule has 0 radical (unpaired) electrons. The lowest BCUT2D eigenvalue weighted by Gasteiger charge is -2.04. The molecule has 3 heteroatoms. The summed E-state index contributed by atoms with van der Waals surface area (Å²) in [5.41, 5.74) is 0.907. The standard InChI is InChI=1S/C9H10Cl2O/c1-2-3-6-4-7(12)5-8(10)9(6)11/h4-5,12H,2-3H2,1H3. The van der Waals surface area contributed by atoms with Crippen LogP contribution in [-0.4, -0.2) is 5.11 Å². The summed E-state index contributed by atoms with van der Waals surface area (Å²) < 4.78 is 0. The second-order valence-corrected chi connectivity index (χ2v) is 3.44. The van der Waals surface area contributed by atoms with Gasteiger partial charge < -0.3 is 5.11 Å². The molecule has 1 rings (SSSR count). The molecule has 0 unspecified atom stereocenters. The van der Waals surface area contributed by atoms with Gasteiger partial charge in [0, 0.05) is 6.07 Å². The van der Waals surface area contributed by atoms with Crippen LogP contribution in [0.4, 0.5) is 0 Å². The lowest BCUT2D eigenvalue weighted by atomic mass is 10.1. The molecule has 0 aliphatic carbocycles. The molecule has 66 valence electrons. The molecule has 0 saturated heterocycles. The van der Waals surface area contributed by atoms with Crippen LogP contribution >= 0.6 is 23.2 Å². The molecule has 1 aromatic rings. The molecular weight excluding hydrogens is 195 g/mol. The number of benzene rings is 1. The van der Waals surface area contributed by atoms with Crippen LogP contribution < -0.4 is 0 Å². The Balaban J connectivity index is 3.09. The van der Waals surface area contributed by atoms with Crippen LogP contribution in [0.2, 0.25) is 10.0 Å². The number of rotatable bonds is 2. The van der Waals surface area contributed by atoms with Gasteiger partial charge >= 0.3 is 0 Å². The lowest BCUT2D eigenvalue weighted by Crippen LogP contribution is -1.85. The summed E-state index contributed by atoms with van der Waals surface area (Å²) in [6, 6.07) is 3.10. The molecule has 0 amide bonds. The minimum Gasteiger partial charge on any atom is -0.508 e. The van der Waals surface area contributed by atoms with Crippen molar-refractivity contribution in [1.29, 1.82) is 0 Å². The first-order chi connectivity index (χ1) is 5.65. The Morgan fingerprint density at radius 3 is 2.58 bits per heavy atom. The molecule has 1 N–H and O–H groups in total. The quantitative estimate of drug-likeness (QED) is 0.781. The molecule has 12 heavy (non-hydrogen) atoms. The van der Waals surface area contributed by atoms with Gasteiger partial charge in [0.2, 0.25) is 0 Å². The Labute approximate surface area is 81.9 Å². The number of aromatic hydroxyl groups is 1. The van der Waals surface area contributed by atoms with Crippen molar-refractivity contribution in [1.82, 2.24) is 0 Å². The smallest absolute Gasteiger partial charge is 0.117 e. The van der Waals surface area contributed by atoms with Crippen molar-refractivity contribution in [2.45, 2.75) is 19.8 Å². The summed E-state index contributed by atoms with van der Waals surface area (Å²) in [5.74, 6) is 0.174. The second kappa shape index (κ2) is 4.01. The molecule has 0 aromatic heterocycles. The van der Waals surface area contributed by atoms with Gasteiger partial charge in [0.1, 0.15) is 5.75 Å². The van der Waals surface area contributed by atoms with E-state index in [1.807, 2.05) is 6.92 Å². The number of hydrogen-bond acceptors (Lipinski definition) is 1. The topological polar surface area (TPSA) is 20.2 Å². The van der Waals surface area contributed by atoms with Gasteiger partial charge in [-0.05, 0) is 18.1 Å². The molecule has 0 bridgehead atoms. The van der Waals surface area contributed by atoms with Crippen molar-refractivity contribution in [3.8, 4) is 5.75 Å². The maximum atomic E-state index is 9.20. The van der Waals surface area contributed by atoms with Crippen molar-refractivity contribution >= 4 is 23.2 Å². The van der Waals surface area contributed by atoms with Crippen LogP contribution in [0.1, 0.15) is 18.9 Å². The SMILES string of the molecule is CCCc1cc(O)cc(Cl)c1Cl. The van der Waals surface area contributed by atoms with E-state index in [1.165, 1.54) is 6.07 Å². The zero-order chi connectivity index (χ0) is 9.14. The number of phenols is 1. The predicted octanol–water partition coefficient (Wildman–Crippen LogP) is 3.65. The predicted molar refractivity (Wildman–Crippen MR) is 52.1 cm³/mol. The highest BCUT2D eigenvalue weighted by Crippen LogP contribution is 2.30. The molecule has 1 nitrogen and oxygen atoms in total. The maximum Gasteiger partial charge on any atom is 0.117 e. The van der Waals surface area contributed by atoms with E-state index in [0.717, 1.165) is 18.4 Å². The van der Waals surface area contributed by atoms with E-state index < -0.39 is 0 Å². The number of phenolic OH excluding ortho intramolecular Hbond substituents is 1. The van der Waals surface area contributed by atoms with Crippen molar-refractivity contribution in [2.75, 3.05) is 0 Å². The molecule has 0 saturated carbocycles. The molecule has 0 aliphatic rings. The molecule has 0 aliphatic heterocycles. The largest absolute Gasteiger partial charge is 0.508 e. The lowest BCUT2D eigenvalue weighted by molar-refractivity contribution is 0.474. The summed E-state index contributed by atoms with van der Waals surface area (Å²) in [5, 5.41) is 10.2. The molecule has 0 fully saturated rings. The van der Waals surface area contributed by atoms with Crippen LogP contribution in [0.25, 0.3) is 0 Å². The first-order valence-corrected chi connectivity index (χ1v) is 4.57. The highest BCUT2D eigenvalue weighted by atomic mass is 35.5. The Morgan fingerprint density at radius 1 is 1.33 bits per heavy atom. The van der Waals surface area contributed by atoms with Gasteiger partial charge in [-0.3, -0.25) is 0 Å².